The van der Waals surface area contributed by atoms with Crippen molar-refractivity contribution >= 4 is 0 Å². The first-order valence-electron chi connectivity index (χ1n) is 5.10. The summed E-state index contributed by atoms with van der Waals surface area (Å²) in [5.74, 6) is -0.178. The Balaban J connectivity index is -0.000000144. The molecular weight excluding hydrogens is 151 g/mol. The summed E-state index contributed by atoms with van der Waals surface area (Å²) in [6, 6.07) is 7.94. The first-order chi connectivity index (χ1) is 6.39. The molecule has 0 N–H and O–H groups in total. The molecule has 0 bridgehead atoms. The molecule has 0 atom stereocenters. The van der Waals surface area contributed by atoms with Gasteiger partial charge in [0.05, 0.1) is 0 Å². The fourth-order valence-electron chi connectivity index (χ4n) is 0.415. The Morgan fingerprint density at radius 1 is 1.00 bits per heavy atom. The maximum atomic E-state index is 11.9. The van der Waals surface area contributed by atoms with Gasteiger partial charge in [-0.05, 0) is 12.1 Å². The third-order valence-electron chi connectivity index (χ3n) is 0.733. The van der Waals surface area contributed by atoms with Gasteiger partial charge in [0.15, 0.2) is 0 Å². The van der Waals surface area contributed by atoms with Crippen molar-refractivity contribution in [3.8, 4) is 0 Å². The smallest absolute Gasteiger partial charge is 0.123 e. The van der Waals surface area contributed by atoms with E-state index < -0.39 is 0 Å². The van der Waals surface area contributed by atoms with Gasteiger partial charge in [-0.25, -0.2) is 4.39 Å². The minimum absolute atomic E-state index is 0.178. The summed E-state index contributed by atoms with van der Waals surface area (Å²) >= 11 is 0. The molecule has 0 amide bonds. The van der Waals surface area contributed by atoms with Gasteiger partial charge in [-0.2, -0.15) is 0 Å². The Hall–Kier alpha value is -0.850. The van der Waals surface area contributed by atoms with Crippen LogP contribution in [-0.2, 0) is 0 Å². The second-order valence-electron chi connectivity index (χ2n) is 1.30. The molecule has 0 saturated heterocycles. The zero-order valence-electron chi connectivity index (χ0n) is 9.76. The third-order valence-corrected chi connectivity index (χ3v) is 0.733. The maximum absolute atomic E-state index is 11.9. The van der Waals surface area contributed by atoms with E-state index in [0.717, 1.165) is 0 Å². The zero-order chi connectivity index (χ0) is 11.1. The second-order valence-corrected chi connectivity index (χ2v) is 1.30. The highest BCUT2D eigenvalue weighted by Crippen LogP contribution is 1.91. The van der Waals surface area contributed by atoms with Crippen LogP contribution in [0.5, 0.6) is 0 Å². The van der Waals surface area contributed by atoms with E-state index in [1.54, 1.807) is 18.2 Å². The lowest BCUT2D eigenvalue weighted by atomic mass is 10.4. The monoisotopic (exact) mass is 174 g/mol. The Morgan fingerprint density at radius 2 is 1.33 bits per heavy atom. The SMILES string of the molecule is CC.CC.Fc1ccccc1.[3H]C. The van der Waals surface area contributed by atoms with Gasteiger partial charge in [-0.15, -0.1) is 0 Å². The Bertz CT molecular complexity index is 140. The predicted molar refractivity (Wildman–Crippen MR) is 55.8 cm³/mol. The van der Waals surface area contributed by atoms with Crippen LogP contribution in [-0.4, -0.2) is 0 Å². The third kappa shape index (κ3) is 11.9. The van der Waals surface area contributed by atoms with E-state index in [1.807, 2.05) is 27.7 Å². The first-order valence-corrected chi connectivity index (χ1v) is 4.10. The summed E-state index contributed by atoms with van der Waals surface area (Å²) in [6.07, 6.45) is 0. The molecule has 1 heteroatoms. The van der Waals surface area contributed by atoms with Crippen molar-refractivity contribution < 1.29 is 5.76 Å². The fourth-order valence-corrected chi connectivity index (χ4v) is 0.415. The van der Waals surface area contributed by atoms with E-state index in [4.69, 9.17) is 1.37 Å². The molecule has 0 radical (unpaired) electrons. The molecule has 0 fully saturated rings. The number of benzene rings is 1. The van der Waals surface area contributed by atoms with Crippen LogP contribution in [0.15, 0.2) is 30.3 Å². The molecule has 72 valence electrons. The molecule has 0 heterocycles. The normalized spacial score (nSPS) is 6.67. The van der Waals surface area contributed by atoms with Crippen molar-refractivity contribution in [2.45, 2.75) is 35.1 Å². The van der Waals surface area contributed by atoms with Crippen LogP contribution in [0.4, 0.5) is 4.39 Å². The van der Waals surface area contributed by atoms with Crippen molar-refractivity contribution in [1.82, 2.24) is 0 Å². The minimum atomic E-state index is -0.178. The summed E-state index contributed by atoms with van der Waals surface area (Å²) in [7, 11) is 1.25. The van der Waals surface area contributed by atoms with Crippen molar-refractivity contribution in [3.05, 3.63) is 36.1 Å². The molecule has 0 nitrogen and oxygen atoms in total. The van der Waals surface area contributed by atoms with Gasteiger partial charge in [-0.1, -0.05) is 53.3 Å². The first kappa shape index (κ1) is 13.7. The van der Waals surface area contributed by atoms with Gasteiger partial charge >= 0.3 is 0 Å². The van der Waals surface area contributed by atoms with Crippen molar-refractivity contribution in [2.24, 2.45) is 0 Å². The molecule has 0 aromatic heterocycles. The highest BCUT2D eigenvalue weighted by Gasteiger charge is 1.77. The topological polar surface area (TPSA) is 0 Å². The largest absolute Gasteiger partial charge is 0.207 e. The van der Waals surface area contributed by atoms with Crippen LogP contribution in [0.2, 0.25) is 0 Å². The van der Waals surface area contributed by atoms with Crippen molar-refractivity contribution in [3.63, 3.8) is 0 Å². The molecule has 1 aromatic rings. The molecule has 1 aromatic carbocycles. The van der Waals surface area contributed by atoms with Crippen LogP contribution in [0.25, 0.3) is 0 Å². The molecule has 0 aliphatic carbocycles. The molecule has 0 saturated carbocycles. The minimum Gasteiger partial charge on any atom is -0.207 e. The second kappa shape index (κ2) is 16.6. The number of hydrogen-bond acceptors (Lipinski definition) is 0. The average molecular weight is 174 g/mol. The van der Waals surface area contributed by atoms with Crippen molar-refractivity contribution in [2.75, 3.05) is 0 Å². The van der Waals surface area contributed by atoms with E-state index in [-0.39, 0.29) is 5.82 Å². The van der Waals surface area contributed by atoms with Crippen LogP contribution in [0, 0.1) is 5.82 Å². The Kier molecular flexibility index (Phi) is 19.0. The molecule has 0 unspecified atom stereocenters. The molecule has 0 spiro atoms. The Morgan fingerprint density at radius 3 is 1.50 bits per heavy atom. The number of hydrogen-bond donors (Lipinski definition) is 0. The Labute approximate surface area is 77.8 Å². The van der Waals surface area contributed by atoms with Crippen LogP contribution >= 0.6 is 0 Å². The van der Waals surface area contributed by atoms with E-state index in [2.05, 4.69) is 0 Å². The van der Waals surface area contributed by atoms with E-state index >= 15 is 0 Å². The lowest BCUT2D eigenvalue weighted by molar-refractivity contribution is 0.628. The summed E-state index contributed by atoms with van der Waals surface area (Å²) in [5.41, 5.74) is 0. The predicted octanol–water partition coefficient (Wildman–Crippen LogP) is 4.51. The van der Waals surface area contributed by atoms with Crippen LogP contribution in [0.3, 0.4) is 0 Å². The summed E-state index contributed by atoms with van der Waals surface area (Å²) in [5, 5.41) is 0. The molecule has 1 rings (SSSR count). The fraction of sp³-hybridized carbons (Fsp3) is 0.455. The van der Waals surface area contributed by atoms with Gasteiger partial charge in [0.25, 0.3) is 0 Å². The summed E-state index contributed by atoms with van der Waals surface area (Å²) in [4.78, 5) is 0. The van der Waals surface area contributed by atoms with Crippen molar-refractivity contribution in [1.29, 1.82) is 0 Å². The number of rotatable bonds is 0. The van der Waals surface area contributed by atoms with Gasteiger partial charge in [-0.3, -0.25) is 0 Å². The van der Waals surface area contributed by atoms with Gasteiger partial charge in [0.2, 0.25) is 0 Å². The quantitative estimate of drug-likeness (QED) is 0.542. The van der Waals surface area contributed by atoms with Crippen LogP contribution in [0.1, 0.15) is 36.5 Å². The highest BCUT2D eigenvalue weighted by molar-refractivity contribution is 5.02. The highest BCUT2D eigenvalue weighted by atomic mass is 19.1. The van der Waals surface area contributed by atoms with E-state index in [0.29, 0.717) is 0 Å². The molecule has 0 aliphatic rings. The lowest BCUT2D eigenvalue weighted by Gasteiger charge is -1.78. The maximum Gasteiger partial charge on any atom is 0.123 e. The summed E-state index contributed by atoms with van der Waals surface area (Å²) < 4.78 is 17.7. The molecule has 12 heavy (non-hydrogen) atoms. The molecular formula is C11H21F. The van der Waals surface area contributed by atoms with Gasteiger partial charge in [0.1, 0.15) is 5.82 Å². The summed E-state index contributed by atoms with van der Waals surface area (Å²) in [6.45, 7) is 8.00. The van der Waals surface area contributed by atoms with Gasteiger partial charge < -0.3 is 0 Å². The van der Waals surface area contributed by atoms with Gasteiger partial charge in [0, 0.05) is 1.37 Å². The van der Waals surface area contributed by atoms with E-state index in [9.17, 15) is 4.39 Å². The zero-order valence-corrected chi connectivity index (χ0v) is 8.76. The van der Waals surface area contributed by atoms with Crippen LogP contribution < -0.4 is 0 Å². The lowest BCUT2D eigenvalue weighted by Crippen LogP contribution is -1.63. The molecule has 0 aliphatic heterocycles. The average Bonchev–Trinajstić information content (AvgIpc) is 2.28. The van der Waals surface area contributed by atoms with E-state index in [1.165, 1.54) is 19.5 Å². The standard InChI is InChI=1S/C6H5F.2C2H6.CH4/c7-6-4-2-1-3-5-6;2*1-2;/h1-5H;2*1-2H3;1H4/i;;;1T. The number of halogens is 1.